The fourth-order valence-corrected chi connectivity index (χ4v) is 7.76. The molecule has 0 unspecified atom stereocenters. The molecule has 0 N–H and O–H groups in total. The van der Waals surface area contributed by atoms with Gasteiger partial charge in [0.05, 0.1) is 0 Å². The molecule has 0 bridgehead atoms. The normalized spacial score (nSPS) is 25.5. The van der Waals surface area contributed by atoms with Crippen LogP contribution in [0.4, 0.5) is 0 Å². The van der Waals surface area contributed by atoms with Gasteiger partial charge in [-0.2, -0.15) is 0 Å². The molecule has 0 atom stereocenters. The Morgan fingerprint density at radius 1 is 0.865 bits per heavy atom. The summed E-state index contributed by atoms with van der Waals surface area (Å²) in [6.45, 7) is 12.6. The highest BCUT2D eigenvalue weighted by Gasteiger charge is 2.66. The minimum absolute atomic E-state index is 0.0860. The molecule has 37 heavy (non-hydrogen) atoms. The number of benzene rings is 1. The van der Waals surface area contributed by atoms with Crippen molar-refractivity contribution in [3.63, 3.8) is 0 Å². The van der Waals surface area contributed by atoms with Gasteiger partial charge in [-0.15, -0.1) is 0 Å². The molecular formula is C32H48N2O3. The summed E-state index contributed by atoms with van der Waals surface area (Å²) in [6, 6.07) is 10.3. The van der Waals surface area contributed by atoms with Crippen molar-refractivity contribution in [1.82, 2.24) is 9.80 Å². The van der Waals surface area contributed by atoms with Crippen LogP contribution in [0.15, 0.2) is 43.0 Å². The van der Waals surface area contributed by atoms with Crippen molar-refractivity contribution in [2.45, 2.75) is 140 Å². The summed E-state index contributed by atoms with van der Waals surface area (Å²) in [6.07, 6.45) is 15.1. The van der Waals surface area contributed by atoms with E-state index in [1.54, 1.807) is 0 Å². The van der Waals surface area contributed by atoms with Crippen molar-refractivity contribution >= 4 is 11.8 Å². The highest BCUT2D eigenvalue weighted by molar-refractivity contribution is 5.91. The molecule has 3 fully saturated rings. The number of hydrogen-bond donors (Lipinski definition) is 0. The molecule has 1 saturated carbocycles. The maximum absolute atomic E-state index is 14.6. The van der Waals surface area contributed by atoms with E-state index in [2.05, 4.69) is 51.3 Å². The molecule has 4 rings (SSSR count). The summed E-state index contributed by atoms with van der Waals surface area (Å²) in [5, 5.41) is 0. The van der Waals surface area contributed by atoms with Crippen LogP contribution in [0.1, 0.15) is 117 Å². The van der Waals surface area contributed by atoms with Crippen molar-refractivity contribution in [3.05, 3.63) is 48.6 Å². The Labute approximate surface area is 224 Å². The first-order valence-corrected chi connectivity index (χ1v) is 14.6. The van der Waals surface area contributed by atoms with Gasteiger partial charge in [0.2, 0.25) is 5.91 Å². The predicted molar refractivity (Wildman–Crippen MR) is 149 cm³/mol. The van der Waals surface area contributed by atoms with Gasteiger partial charge < -0.3 is 14.5 Å². The van der Waals surface area contributed by atoms with Crippen LogP contribution in [0.2, 0.25) is 0 Å². The van der Waals surface area contributed by atoms with Crippen molar-refractivity contribution in [2.24, 2.45) is 0 Å². The standard InChI is InChI=1S/C32H48N2O3/c1-6-27(35)34-29(2,3)24-31(25-30(34,4)5)28(36)33(23-26-19-15-14-16-20-26)32(37-31)21-17-12-10-8-7-9-11-13-18-22-32/h6,14-16,19-20H,1,7-13,17-18,21-25H2,2-5H3. The maximum Gasteiger partial charge on any atom is 0.257 e. The smallest absolute Gasteiger partial charge is 0.257 e. The van der Waals surface area contributed by atoms with E-state index in [0.29, 0.717) is 19.4 Å². The van der Waals surface area contributed by atoms with Gasteiger partial charge in [-0.25, -0.2) is 0 Å². The Morgan fingerprint density at radius 3 is 1.84 bits per heavy atom. The number of carbonyl (C=O) groups excluding carboxylic acids is 2. The molecule has 2 saturated heterocycles. The number of ether oxygens (including phenoxy) is 1. The average molecular weight is 509 g/mol. The first-order valence-electron chi connectivity index (χ1n) is 14.6. The van der Waals surface area contributed by atoms with Gasteiger partial charge >= 0.3 is 0 Å². The van der Waals surface area contributed by atoms with Crippen LogP contribution in [0.25, 0.3) is 0 Å². The van der Waals surface area contributed by atoms with Crippen molar-refractivity contribution in [2.75, 3.05) is 0 Å². The Balaban J connectivity index is 1.73. The van der Waals surface area contributed by atoms with E-state index in [9.17, 15) is 9.59 Å². The van der Waals surface area contributed by atoms with Crippen LogP contribution >= 0.6 is 0 Å². The summed E-state index contributed by atoms with van der Waals surface area (Å²) in [5.74, 6) is 0.0208. The molecule has 204 valence electrons. The third-order valence-electron chi connectivity index (χ3n) is 8.87. The fourth-order valence-electron chi connectivity index (χ4n) is 7.76. The highest BCUT2D eigenvalue weighted by Crippen LogP contribution is 2.54. The van der Waals surface area contributed by atoms with E-state index in [-0.39, 0.29) is 11.8 Å². The van der Waals surface area contributed by atoms with Crippen LogP contribution in [-0.4, -0.2) is 44.0 Å². The van der Waals surface area contributed by atoms with E-state index < -0.39 is 22.4 Å². The molecule has 5 nitrogen and oxygen atoms in total. The van der Waals surface area contributed by atoms with E-state index >= 15 is 0 Å². The third-order valence-corrected chi connectivity index (χ3v) is 8.87. The Bertz CT molecular complexity index is 938. The Hall–Kier alpha value is -2.14. The fraction of sp³-hybridized carbons (Fsp3) is 0.688. The minimum atomic E-state index is -0.934. The van der Waals surface area contributed by atoms with Crippen molar-refractivity contribution in [1.29, 1.82) is 0 Å². The molecule has 1 aromatic rings. The molecule has 0 radical (unpaired) electrons. The second-order valence-corrected chi connectivity index (χ2v) is 13.0. The zero-order chi connectivity index (χ0) is 26.7. The molecule has 0 aromatic heterocycles. The molecule has 2 amide bonds. The number of rotatable bonds is 3. The van der Waals surface area contributed by atoms with Gasteiger partial charge in [-0.1, -0.05) is 81.9 Å². The quantitative estimate of drug-likeness (QED) is 0.407. The number of nitrogens with zero attached hydrogens (tertiary/aromatic N) is 2. The summed E-state index contributed by atoms with van der Waals surface area (Å²) in [5.41, 5.74) is -1.48. The lowest BCUT2D eigenvalue weighted by atomic mass is 9.70. The van der Waals surface area contributed by atoms with Gasteiger partial charge in [0.25, 0.3) is 5.91 Å². The van der Waals surface area contributed by atoms with E-state index in [0.717, 1.165) is 31.2 Å². The van der Waals surface area contributed by atoms with Gasteiger partial charge in [-0.05, 0) is 65.0 Å². The zero-order valence-electron chi connectivity index (χ0n) is 23.7. The number of piperidine rings is 1. The maximum atomic E-state index is 14.6. The highest BCUT2D eigenvalue weighted by atomic mass is 16.6. The molecule has 3 aliphatic rings. The summed E-state index contributed by atoms with van der Waals surface area (Å²) in [4.78, 5) is 31.6. The number of carbonyl (C=O) groups is 2. The summed E-state index contributed by atoms with van der Waals surface area (Å²) >= 11 is 0. The second-order valence-electron chi connectivity index (χ2n) is 13.0. The molecule has 2 heterocycles. The Morgan fingerprint density at radius 2 is 1.35 bits per heavy atom. The molecular weight excluding hydrogens is 460 g/mol. The predicted octanol–water partition coefficient (Wildman–Crippen LogP) is 7.15. The largest absolute Gasteiger partial charge is 0.339 e. The van der Waals surface area contributed by atoms with Gasteiger partial charge in [0.1, 0.15) is 5.72 Å². The number of hydrogen-bond acceptors (Lipinski definition) is 3. The van der Waals surface area contributed by atoms with E-state index in [1.807, 2.05) is 23.1 Å². The lowest BCUT2D eigenvalue weighted by Crippen LogP contribution is -2.68. The third kappa shape index (κ3) is 5.67. The number of likely N-dealkylation sites (tertiary alicyclic amines) is 1. The number of amides is 2. The first kappa shape index (κ1) is 27.9. The molecule has 1 aliphatic carbocycles. The zero-order valence-corrected chi connectivity index (χ0v) is 23.7. The van der Waals surface area contributed by atoms with Crippen LogP contribution in [-0.2, 0) is 20.9 Å². The average Bonchev–Trinajstić information content (AvgIpc) is 3.02. The van der Waals surface area contributed by atoms with Crippen LogP contribution in [0, 0.1) is 0 Å². The van der Waals surface area contributed by atoms with Gasteiger partial charge in [-0.3, -0.25) is 9.59 Å². The Kier molecular flexibility index (Phi) is 8.23. The van der Waals surface area contributed by atoms with Crippen molar-refractivity contribution < 1.29 is 14.3 Å². The second kappa shape index (κ2) is 10.9. The molecule has 2 spiro atoms. The lowest BCUT2D eigenvalue weighted by molar-refractivity contribution is -0.201. The molecule has 5 heteroatoms. The minimum Gasteiger partial charge on any atom is -0.339 e. The van der Waals surface area contributed by atoms with Crippen LogP contribution in [0.5, 0.6) is 0 Å². The summed E-state index contributed by atoms with van der Waals surface area (Å²) in [7, 11) is 0. The molecule has 2 aliphatic heterocycles. The van der Waals surface area contributed by atoms with E-state index in [4.69, 9.17) is 4.74 Å². The van der Waals surface area contributed by atoms with Gasteiger partial charge in [0, 0.05) is 30.5 Å². The SMILES string of the molecule is C=CC(=O)N1C(C)(C)CC2(CC1(C)C)OC1(CCCCCCCCCCC1)N(Cc1ccccc1)C2=O. The first-order chi connectivity index (χ1) is 17.6. The molecule has 1 aromatic carbocycles. The van der Waals surface area contributed by atoms with Crippen LogP contribution < -0.4 is 0 Å². The van der Waals surface area contributed by atoms with E-state index in [1.165, 1.54) is 51.0 Å². The topological polar surface area (TPSA) is 49.9 Å². The lowest BCUT2D eigenvalue weighted by Gasteiger charge is -2.57. The summed E-state index contributed by atoms with van der Waals surface area (Å²) < 4.78 is 7.27. The van der Waals surface area contributed by atoms with Crippen molar-refractivity contribution in [3.8, 4) is 0 Å². The van der Waals surface area contributed by atoms with Gasteiger partial charge in [0.15, 0.2) is 5.60 Å². The monoisotopic (exact) mass is 508 g/mol. The van der Waals surface area contributed by atoms with Crippen LogP contribution in [0.3, 0.4) is 0 Å².